The minimum Gasteiger partial charge on any atom is -0.379 e. The van der Waals surface area contributed by atoms with Gasteiger partial charge in [0.15, 0.2) is 6.10 Å². The summed E-state index contributed by atoms with van der Waals surface area (Å²) in [6, 6.07) is 5.61. The van der Waals surface area contributed by atoms with Gasteiger partial charge in [0.1, 0.15) is 0 Å². The van der Waals surface area contributed by atoms with Gasteiger partial charge in [-0.2, -0.15) is 13.2 Å². The molecule has 84 valence electrons. The van der Waals surface area contributed by atoms with Crippen molar-refractivity contribution in [3.63, 3.8) is 0 Å². The number of rotatable bonds is 2. The Morgan fingerprint density at radius 2 is 1.60 bits per heavy atom. The number of benzene rings is 1. The molecule has 5 heteroatoms. The van der Waals surface area contributed by atoms with Gasteiger partial charge in [0.25, 0.3) is 0 Å². The Morgan fingerprint density at radius 3 is 1.93 bits per heavy atom. The zero-order chi connectivity index (χ0) is 11.6. The molecule has 0 unspecified atom stereocenters. The van der Waals surface area contributed by atoms with Gasteiger partial charge >= 0.3 is 6.18 Å². The Morgan fingerprint density at radius 1 is 1.13 bits per heavy atom. The van der Waals surface area contributed by atoms with Crippen LogP contribution in [-0.2, 0) is 0 Å². The van der Waals surface area contributed by atoms with Crippen molar-refractivity contribution in [1.29, 1.82) is 0 Å². The molecule has 0 aromatic heterocycles. The molecule has 0 saturated carbocycles. The van der Waals surface area contributed by atoms with E-state index in [-0.39, 0.29) is 5.56 Å². The van der Waals surface area contributed by atoms with Gasteiger partial charge in [-0.05, 0) is 17.7 Å². The quantitative estimate of drug-likeness (QED) is 0.825. The predicted molar refractivity (Wildman–Crippen MR) is 51.8 cm³/mol. The van der Waals surface area contributed by atoms with Gasteiger partial charge in [0.05, 0.1) is 0 Å². The Kier molecular flexibility index (Phi) is 3.24. The van der Waals surface area contributed by atoms with Crippen LogP contribution in [0.15, 0.2) is 24.3 Å². The molecule has 0 bridgehead atoms. The topological polar surface area (TPSA) is 23.5 Å². The van der Waals surface area contributed by atoms with E-state index >= 15 is 0 Å². The van der Waals surface area contributed by atoms with E-state index in [4.69, 9.17) is 5.11 Å². The zero-order valence-corrected chi connectivity index (χ0v) is 8.42. The summed E-state index contributed by atoms with van der Waals surface area (Å²) in [5.41, 5.74) is 0.640. The number of aliphatic hydroxyl groups is 1. The molecule has 2 nitrogen and oxygen atoms in total. The Hall–Kier alpha value is -1.23. The third-order valence-electron chi connectivity index (χ3n) is 2.04. The number of nitrogens with zero attached hydrogens (tertiary/aromatic N) is 1. The SMILES string of the molecule is CN(C)c1ccc([C@H](O)C(F)(F)F)cc1. The Bertz CT molecular complexity index is 318. The smallest absolute Gasteiger partial charge is 0.379 e. The van der Waals surface area contributed by atoms with Crippen LogP contribution in [0.5, 0.6) is 0 Å². The number of alkyl halides is 3. The van der Waals surface area contributed by atoms with Gasteiger partial charge in [-0.25, -0.2) is 0 Å². The fourth-order valence-electron chi connectivity index (χ4n) is 1.14. The summed E-state index contributed by atoms with van der Waals surface area (Å²) in [5, 5.41) is 8.95. The maximum absolute atomic E-state index is 12.1. The van der Waals surface area contributed by atoms with Crippen molar-refractivity contribution in [3.05, 3.63) is 29.8 Å². The predicted octanol–water partition coefficient (Wildman–Crippen LogP) is 2.35. The van der Waals surface area contributed by atoms with Crippen molar-refractivity contribution in [2.24, 2.45) is 0 Å². The summed E-state index contributed by atoms with van der Waals surface area (Å²) in [4.78, 5) is 1.77. The van der Waals surface area contributed by atoms with E-state index in [1.54, 1.807) is 19.0 Å². The number of aliphatic hydroxyl groups excluding tert-OH is 1. The van der Waals surface area contributed by atoms with Crippen molar-refractivity contribution in [3.8, 4) is 0 Å². The van der Waals surface area contributed by atoms with Gasteiger partial charge in [-0.1, -0.05) is 12.1 Å². The zero-order valence-electron chi connectivity index (χ0n) is 8.42. The van der Waals surface area contributed by atoms with Crippen LogP contribution < -0.4 is 4.90 Å². The second-order valence-corrected chi connectivity index (χ2v) is 3.43. The molecule has 1 rings (SSSR count). The van der Waals surface area contributed by atoms with Gasteiger partial charge < -0.3 is 10.0 Å². The summed E-state index contributed by atoms with van der Waals surface area (Å²) in [6.07, 6.45) is -7.02. The van der Waals surface area contributed by atoms with Crippen LogP contribution in [0.25, 0.3) is 0 Å². The van der Waals surface area contributed by atoms with Crippen molar-refractivity contribution in [1.82, 2.24) is 0 Å². The molecule has 0 saturated heterocycles. The molecule has 1 N–H and O–H groups in total. The highest BCUT2D eigenvalue weighted by Crippen LogP contribution is 2.32. The molecular weight excluding hydrogens is 207 g/mol. The lowest BCUT2D eigenvalue weighted by molar-refractivity contribution is -0.206. The fraction of sp³-hybridized carbons (Fsp3) is 0.400. The van der Waals surface area contributed by atoms with E-state index in [0.717, 1.165) is 5.69 Å². The van der Waals surface area contributed by atoms with Crippen LogP contribution >= 0.6 is 0 Å². The van der Waals surface area contributed by atoms with E-state index in [9.17, 15) is 13.2 Å². The monoisotopic (exact) mass is 219 g/mol. The maximum Gasteiger partial charge on any atom is 0.418 e. The lowest BCUT2D eigenvalue weighted by atomic mass is 10.1. The number of halogens is 3. The molecule has 0 radical (unpaired) electrons. The highest BCUT2D eigenvalue weighted by Gasteiger charge is 2.39. The molecular formula is C10H12F3NO. The first-order chi connectivity index (χ1) is 6.82. The van der Waals surface area contributed by atoms with Crippen LogP contribution in [0.3, 0.4) is 0 Å². The van der Waals surface area contributed by atoms with Gasteiger partial charge in [-0.3, -0.25) is 0 Å². The number of anilines is 1. The molecule has 1 aromatic carbocycles. The van der Waals surface area contributed by atoms with Crippen LogP contribution in [-0.4, -0.2) is 25.4 Å². The average Bonchev–Trinajstić information content (AvgIpc) is 2.15. The maximum atomic E-state index is 12.1. The van der Waals surface area contributed by atoms with Crippen molar-refractivity contribution >= 4 is 5.69 Å². The molecule has 0 aliphatic heterocycles. The van der Waals surface area contributed by atoms with Crippen LogP contribution in [0.2, 0.25) is 0 Å². The van der Waals surface area contributed by atoms with Gasteiger partial charge in [0.2, 0.25) is 0 Å². The van der Waals surface area contributed by atoms with Crippen molar-refractivity contribution < 1.29 is 18.3 Å². The summed E-state index contributed by atoms with van der Waals surface area (Å²) in [6.45, 7) is 0. The first-order valence-electron chi connectivity index (χ1n) is 4.34. The van der Waals surface area contributed by atoms with Crippen molar-refractivity contribution in [2.75, 3.05) is 19.0 Å². The molecule has 0 heterocycles. The molecule has 0 aliphatic carbocycles. The van der Waals surface area contributed by atoms with Crippen LogP contribution in [0.4, 0.5) is 18.9 Å². The number of hydrogen-bond donors (Lipinski definition) is 1. The first-order valence-corrected chi connectivity index (χ1v) is 4.34. The lowest BCUT2D eigenvalue weighted by Gasteiger charge is -2.17. The second kappa shape index (κ2) is 4.10. The minimum atomic E-state index is -4.61. The molecule has 0 aliphatic rings. The highest BCUT2D eigenvalue weighted by atomic mass is 19.4. The Balaban J connectivity index is 2.89. The fourth-order valence-corrected chi connectivity index (χ4v) is 1.14. The van der Waals surface area contributed by atoms with Gasteiger partial charge in [0, 0.05) is 19.8 Å². The molecule has 0 amide bonds. The third kappa shape index (κ3) is 2.86. The highest BCUT2D eigenvalue weighted by molar-refractivity contribution is 5.46. The van der Waals surface area contributed by atoms with Crippen LogP contribution in [0, 0.1) is 0 Å². The summed E-state index contributed by atoms with van der Waals surface area (Å²) in [5.74, 6) is 0. The third-order valence-corrected chi connectivity index (χ3v) is 2.04. The summed E-state index contributed by atoms with van der Waals surface area (Å²) >= 11 is 0. The normalized spacial score (nSPS) is 13.7. The minimum absolute atomic E-state index is 0.145. The molecule has 1 aromatic rings. The lowest BCUT2D eigenvalue weighted by Crippen LogP contribution is -2.20. The first kappa shape index (κ1) is 11.8. The average molecular weight is 219 g/mol. The van der Waals surface area contributed by atoms with Gasteiger partial charge in [-0.15, -0.1) is 0 Å². The largest absolute Gasteiger partial charge is 0.418 e. The second-order valence-electron chi connectivity index (χ2n) is 3.43. The van der Waals surface area contributed by atoms with E-state index in [1.807, 2.05) is 0 Å². The van der Waals surface area contributed by atoms with E-state index < -0.39 is 12.3 Å². The summed E-state index contributed by atoms with van der Waals surface area (Å²) < 4.78 is 36.4. The van der Waals surface area contributed by atoms with Crippen LogP contribution in [0.1, 0.15) is 11.7 Å². The molecule has 1 atom stereocenters. The van der Waals surface area contributed by atoms with E-state index in [0.29, 0.717) is 0 Å². The Labute approximate surface area is 85.9 Å². The van der Waals surface area contributed by atoms with E-state index in [2.05, 4.69) is 0 Å². The molecule has 15 heavy (non-hydrogen) atoms. The number of hydrogen-bond acceptors (Lipinski definition) is 2. The molecule has 0 fully saturated rings. The van der Waals surface area contributed by atoms with E-state index in [1.165, 1.54) is 24.3 Å². The molecule has 0 spiro atoms. The standard InChI is InChI=1S/C10H12F3NO/c1-14(2)8-5-3-7(4-6-8)9(15)10(11,12)13/h3-6,9,15H,1-2H3/t9-/m0/s1. The summed E-state index contributed by atoms with van der Waals surface area (Å²) in [7, 11) is 3.57. The van der Waals surface area contributed by atoms with Crippen molar-refractivity contribution in [2.45, 2.75) is 12.3 Å².